The minimum atomic E-state index is -2.10. The average Bonchev–Trinajstić information content (AvgIpc) is 2.48. The number of nitrogens with zero attached hydrogens (tertiary/aromatic N) is 1. The maximum Gasteiger partial charge on any atom is 0.251 e. The fraction of sp³-hybridized carbons (Fsp3) is 0.833. The molecule has 0 aromatic rings. The number of hydroxylamine groups is 2. The molecule has 24 heavy (non-hydrogen) atoms. The molecule has 1 amide bonds. The summed E-state index contributed by atoms with van der Waals surface area (Å²) in [5, 5.41) is 11.7. The van der Waals surface area contributed by atoms with Gasteiger partial charge < -0.3 is 9.53 Å². The lowest BCUT2D eigenvalue weighted by atomic mass is 9.87. The average molecular weight is 360 g/mol. The predicted molar refractivity (Wildman–Crippen MR) is 101 cm³/mol. The fourth-order valence-electron chi connectivity index (χ4n) is 2.30. The summed E-state index contributed by atoms with van der Waals surface area (Å²) in [5.41, 5.74) is 0. The molecule has 0 fully saturated rings. The monoisotopic (exact) mass is 359 g/mol. The van der Waals surface area contributed by atoms with E-state index in [4.69, 9.17) is 9.26 Å². The van der Waals surface area contributed by atoms with E-state index in [1.165, 1.54) is 12.2 Å². The normalized spacial score (nSPS) is 17.8. The summed E-state index contributed by atoms with van der Waals surface area (Å²) >= 11 is 0. The predicted octanol–water partition coefficient (Wildman–Crippen LogP) is 3.61. The first-order valence-electron chi connectivity index (χ1n) is 8.58. The van der Waals surface area contributed by atoms with Crippen LogP contribution in [0.25, 0.3) is 0 Å². The third-order valence-corrected chi connectivity index (χ3v) is 9.71. The molecule has 6 heteroatoms. The Labute approximate surface area is 149 Å². The van der Waals surface area contributed by atoms with Crippen LogP contribution in [0.2, 0.25) is 18.1 Å². The second-order valence-electron chi connectivity index (χ2n) is 8.10. The van der Waals surface area contributed by atoms with E-state index in [1.807, 2.05) is 13.8 Å². The van der Waals surface area contributed by atoms with E-state index in [0.717, 1.165) is 0 Å². The van der Waals surface area contributed by atoms with Crippen molar-refractivity contribution in [2.75, 3.05) is 14.2 Å². The van der Waals surface area contributed by atoms with Crippen LogP contribution in [0.15, 0.2) is 12.7 Å². The molecule has 142 valence electrons. The Morgan fingerprint density at radius 1 is 1.33 bits per heavy atom. The topological polar surface area (TPSA) is 59.0 Å². The Hall–Kier alpha value is -0.693. The molecular formula is C18H37NO4Si. The van der Waals surface area contributed by atoms with Crippen molar-refractivity contribution in [3.05, 3.63) is 12.7 Å². The summed E-state index contributed by atoms with van der Waals surface area (Å²) in [7, 11) is 0.951. The van der Waals surface area contributed by atoms with E-state index in [9.17, 15) is 9.90 Å². The van der Waals surface area contributed by atoms with Crippen LogP contribution in [-0.4, -0.2) is 50.8 Å². The van der Waals surface area contributed by atoms with Crippen molar-refractivity contribution in [3.63, 3.8) is 0 Å². The number of hydrogen-bond acceptors (Lipinski definition) is 4. The van der Waals surface area contributed by atoms with Gasteiger partial charge >= 0.3 is 0 Å². The molecule has 0 bridgehead atoms. The van der Waals surface area contributed by atoms with Crippen molar-refractivity contribution in [3.8, 4) is 0 Å². The lowest BCUT2D eigenvalue weighted by molar-refractivity contribution is -0.177. The van der Waals surface area contributed by atoms with Crippen molar-refractivity contribution in [1.29, 1.82) is 0 Å². The number of hydrogen-bond donors (Lipinski definition) is 1. The molecule has 0 aromatic carbocycles. The highest BCUT2D eigenvalue weighted by atomic mass is 28.4. The van der Waals surface area contributed by atoms with Gasteiger partial charge in [-0.05, 0) is 24.6 Å². The maximum atomic E-state index is 12.6. The largest absolute Gasteiger partial charge is 0.413 e. The molecule has 0 radical (unpaired) electrons. The zero-order chi connectivity index (χ0) is 19.3. The van der Waals surface area contributed by atoms with Crippen molar-refractivity contribution in [2.24, 2.45) is 11.8 Å². The van der Waals surface area contributed by atoms with E-state index < -0.39 is 20.3 Å². The molecule has 0 saturated carbocycles. The minimum absolute atomic E-state index is 0.0181. The van der Waals surface area contributed by atoms with Crippen molar-refractivity contribution < 1.29 is 19.2 Å². The third-order valence-electron chi connectivity index (χ3n) is 5.24. The molecule has 0 unspecified atom stereocenters. The first kappa shape index (κ1) is 23.3. The number of carbonyl (C=O) groups excluding carboxylic acids is 1. The molecule has 0 saturated heterocycles. The third kappa shape index (κ3) is 5.99. The van der Waals surface area contributed by atoms with Crippen LogP contribution in [0.5, 0.6) is 0 Å². The summed E-state index contributed by atoms with van der Waals surface area (Å²) in [4.78, 5) is 17.6. The number of amides is 1. The van der Waals surface area contributed by atoms with E-state index >= 15 is 0 Å². The zero-order valence-corrected chi connectivity index (χ0v) is 17.9. The molecular weight excluding hydrogens is 322 g/mol. The highest BCUT2D eigenvalue weighted by molar-refractivity contribution is 6.74. The van der Waals surface area contributed by atoms with Crippen molar-refractivity contribution in [1.82, 2.24) is 5.06 Å². The van der Waals surface area contributed by atoms with Crippen LogP contribution < -0.4 is 0 Å². The molecule has 0 aliphatic rings. The summed E-state index contributed by atoms with van der Waals surface area (Å²) in [6, 6.07) is 0. The van der Waals surface area contributed by atoms with Gasteiger partial charge in [0.25, 0.3) is 5.91 Å². The van der Waals surface area contributed by atoms with E-state index in [1.54, 1.807) is 13.1 Å². The van der Waals surface area contributed by atoms with Crippen LogP contribution in [0.4, 0.5) is 0 Å². The SMILES string of the molecule is C=CC[C@H](O)[C@H](C)[C@H](O[Si](C)(C)C(C)(C)C)[C@@H](C)C(=O)N(C)OC. The highest BCUT2D eigenvalue weighted by Crippen LogP contribution is 2.39. The second-order valence-corrected chi connectivity index (χ2v) is 12.9. The van der Waals surface area contributed by atoms with Crippen LogP contribution in [0.1, 0.15) is 41.0 Å². The van der Waals surface area contributed by atoms with Gasteiger partial charge in [0, 0.05) is 13.0 Å². The number of aliphatic hydroxyl groups excluding tert-OH is 1. The van der Waals surface area contributed by atoms with Crippen LogP contribution >= 0.6 is 0 Å². The van der Waals surface area contributed by atoms with Gasteiger partial charge in [-0.2, -0.15) is 0 Å². The first-order chi connectivity index (χ1) is 10.8. The highest BCUT2D eigenvalue weighted by Gasteiger charge is 2.44. The van der Waals surface area contributed by atoms with Crippen LogP contribution in [0.3, 0.4) is 0 Å². The number of carbonyl (C=O) groups is 1. The molecule has 5 nitrogen and oxygen atoms in total. The minimum Gasteiger partial charge on any atom is -0.413 e. The molecule has 1 N–H and O–H groups in total. The Morgan fingerprint density at radius 3 is 2.21 bits per heavy atom. The van der Waals surface area contributed by atoms with Gasteiger partial charge in [0.2, 0.25) is 0 Å². The van der Waals surface area contributed by atoms with Crippen LogP contribution in [-0.2, 0) is 14.1 Å². The molecule has 4 atom stereocenters. The molecule has 0 aliphatic carbocycles. The van der Waals surface area contributed by atoms with Gasteiger partial charge in [-0.3, -0.25) is 9.63 Å². The maximum absolute atomic E-state index is 12.6. The van der Waals surface area contributed by atoms with Gasteiger partial charge in [-0.15, -0.1) is 6.58 Å². The number of aliphatic hydroxyl groups is 1. The van der Waals surface area contributed by atoms with Crippen LogP contribution in [0, 0.1) is 11.8 Å². The summed E-state index contributed by atoms with van der Waals surface area (Å²) < 4.78 is 6.55. The quantitative estimate of drug-likeness (QED) is 0.388. The fourth-order valence-corrected chi connectivity index (χ4v) is 3.76. The Balaban J connectivity index is 5.59. The van der Waals surface area contributed by atoms with E-state index in [2.05, 4.69) is 40.4 Å². The number of rotatable bonds is 9. The Morgan fingerprint density at radius 2 is 1.83 bits per heavy atom. The summed E-state index contributed by atoms with van der Waals surface area (Å²) in [5.74, 6) is -0.765. The molecule has 0 spiro atoms. The standard InChI is InChI=1S/C18H37NO4Si/c1-11-12-15(20)13(2)16(14(3)17(21)19(7)22-8)23-24(9,10)18(4,5)6/h11,13-16,20H,1,12H2,2-10H3/t13-,14+,15-,16-/m0/s1. The van der Waals surface area contributed by atoms with E-state index in [-0.39, 0.29) is 23.0 Å². The summed E-state index contributed by atoms with van der Waals surface area (Å²) in [6.45, 7) is 18.3. The smallest absolute Gasteiger partial charge is 0.251 e. The van der Waals surface area contributed by atoms with Crippen molar-refractivity contribution in [2.45, 2.75) is 71.4 Å². The zero-order valence-electron chi connectivity index (χ0n) is 16.9. The van der Waals surface area contributed by atoms with Crippen molar-refractivity contribution >= 4 is 14.2 Å². The molecule has 0 rings (SSSR count). The Bertz CT molecular complexity index is 420. The summed E-state index contributed by atoms with van der Waals surface area (Å²) in [6.07, 6.45) is 1.18. The van der Waals surface area contributed by atoms with Gasteiger partial charge in [0.05, 0.1) is 25.2 Å². The first-order valence-corrected chi connectivity index (χ1v) is 11.5. The van der Waals surface area contributed by atoms with Gasteiger partial charge in [-0.25, -0.2) is 5.06 Å². The molecule has 0 heterocycles. The van der Waals surface area contributed by atoms with E-state index in [0.29, 0.717) is 6.42 Å². The second kappa shape index (κ2) is 9.13. The van der Waals surface area contributed by atoms with Gasteiger partial charge in [-0.1, -0.05) is 40.7 Å². The van der Waals surface area contributed by atoms with Gasteiger partial charge in [0.15, 0.2) is 8.32 Å². The molecule has 0 aliphatic heterocycles. The lowest BCUT2D eigenvalue weighted by Gasteiger charge is -2.43. The lowest BCUT2D eigenvalue weighted by Crippen LogP contribution is -2.51. The Kier molecular flexibility index (Phi) is 8.87. The molecule has 0 aromatic heterocycles. The van der Waals surface area contributed by atoms with Gasteiger partial charge in [0.1, 0.15) is 0 Å².